The van der Waals surface area contributed by atoms with Gasteiger partial charge in [0.2, 0.25) is 11.8 Å². The third kappa shape index (κ3) is 5.08. The summed E-state index contributed by atoms with van der Waals surface area (Å²) >= 11 is 0. The normalized spacial score (nSPS) is 21.7. The number of hydrogen-bond donors (Lipinski definition) is 1. The first-order valence-corrected chi connectivity index (χ1v) is 11.3. The molecule has 0 saturated carbocycles. The van der Waals surface area contributed by atoms with E-state index in [4.69, 9.17) is 9.47 Å². The van der Waals surface area contributed by atoms with Crippen LogP contribution in [-0.4, -0.2) is 102 Å². The minimum atomic E-state index is -1.18. The van der Waals surface area contributed by atoms with Gasteiger partial charge >= 0.3 is 5.97 Å². The van der Waals surface area contributed by atoms with Crippen LogP contribution in [-0.2, 0) is 28.7 Å². The van der Waals surface area contributed by atoms with Crippen LogP contribution in [0.15, 0.2) is 24.3 Å². The molecule has 4 rings (SSSR count). The fraction of sp³-hybridized carbons (Fsp3) is 0.478. The van der Waals surface area contributed by atoms with Gasteiger partial charge in [0.1, 0.15) is 12.1 Å². The second-order valence-corrected chi connectivity index (χ2v) is 8.51. The van der Waals surface area contributed by atoms with Gasteiger partial charge < -0.3 is 14.8 Å². The number of nitrogens with one attached hydrogen (secondary N) is 1. The molecule has 2 fully saturated rings. The van der Waals surface area contributed by atoms with Crippen LogP contribution in [0.5, 0.6) is 0 Å². The highest BCUT2D eigenvalue weighted by molar-refractivity contribution is 6.23. The van der Waals surface area contributed by atoms with Crippen molar-refractivity contribution in [1.29, 1.82) is 0 Å². The zero-order valence-electron chi connectivity index (χ0n) is 19.2. The average molecular weight is 486 g/mol. The molecule has 1 unspecified atom stereocenters. The smallest absolute Gasteiger partial charge is 0.330 e. The van der Waals surface area contributed by atoms with Crippen LogP contribution in [0, 0.1) is 0 Å². The number of piperidine rings is 1. The van der Waals surface area contributed by atoms with Gasteiger partial charge in [-0.05, 0) is 25.5 Å². The lowest BCUT2D eigenvalue weighted by Crippen LogP contribution is -2.57. The number of imide groups is 2. The highest BCUT2D eigenvalue weighted by Crippen LogP contribution is 2.29. The molecule has 2 saturated heterocycles. The summed E-state index contributed by atoms with van der Waals surface area (Å²) in [6.07, 6.45) is -0.116. The number of hydrogen-bond acceptors (Lipinski definition) is 9. The number of ether oxygens (including phenoxy) is 2. The van der Waals surface area contributed by atoms with Gasteiger partial charge in [-0.2, -0.15) is 0 Å². The van der Waals surface area contributed by atoms with Crippen molar-refractivity contribution in [3.63, 3.8) is 0 Å². The van der Waals surface area contributed by atoms with Crippen molar-refractivity contribution in [2.75, 3.05) is 39.6 Å². The fourth-order valence-corrected chi connectivity index (χ4v) is 4.25. The van der Waals surface area contributed by atoms with E-state index in [1.54, 1.807) is 12.1 Å². The largest absolute Gasteiger partial charge is 0.442 e. The zero-order chi connectivity index (χ0) is 25.1. The number of morpholine rings is 1. The summed E-state index contributed by atoms with van der Waals surface area (Å²) in [5, 5.41) is 2.53. The van der Waals surface area contributed by atoms with Crippen LogP contribution in [0.25, 0.3) is 0 Å². The molecule has 0 spiro atoms. The molecule has 2 atom stereocenters. The summed E-state index contributed by atoms with van der Waals surface area (Å²) in [6, 6.07) is 4.05. The number of fused-ring (bicyclic) bond motifs is 1. The van der Waals surface area contributed by atoms with Crippen molar-refractivity contribution in [3.8, 4) is 0 Å². The number of benzene rings is 1. The Hall–Kier alpha value is -3.64. The Labute approximate surface area is 201 Å². The molecule has 35 heavy (non-hydrogen) atoms. The molecule has 0 aromatic heterocycles. The van der Waals surface area contributed by atoms with E-state index in [1.165, 1.54) is 19.1 Å². The fourth-order valence-electron chi connectivity index (χ4n) is 4.25. The monoisotopic (exact) mass is 486 g/mol. The van der Waals surface area contributed by atoms with Crippen LogP contribution in [0.4, 0.5) is 0 Å². The van der Waals surface area contributed by atoms with Gasteiger partial charge in [-0.3, -0.25) is 33.8 Å². The second-order valence-electron chi connectivity index (χ2n) is 8.51. The Balaban J connectivity index is 1.33. The van der Waals surface area contributed by atoms with E-state index < -0.39 is 48.4 Å². The van der Waals surface area contributed by atoms with Crippen LogP contribution in [0.1, 0.15) is 40.5 Å². The van der Waals surface area contributed by atoms with E-state index in [-0.39, 0.29) is 36.4 Å². The Morgan fingerprint density at radius 1 is 1.09 bits per heavy atom. The molecule has 186 valence electrons. The number of rotatable bonds is 7. The Morgan fingerprint density at radius 3 is 2.34 bits per heavy atom. The van der Waals surface area contributed by atoms with Crippen molar-refractivity contribution < 1.29 is 38.2 Å². The minimum absolute atomic E-state index is 0.0123. The van der Waals surface area contributed by atoms with E-state index in [0.29, 0.717) is 26.3 Å². The first-order chi connectivity index (χ1) is 16.8. The lowest BCUT2D eigenvalue weighted by Gasteiger charge is -2.34. The number of carbonyl (C=O) groups excluding carboxylic acids is 6. The van der Waals surface area contributed by atoms with E-state index in [1.807, 2.05) is 4.90 Å². The van der Waals surface area contributed by atoms with Gasteiger partial charge in [0.15, 0.2) is 6.73 Å². The Kier molecular flexibility index (Phi) is 7.22. The highest BCUT2D eigenvalue weighted by Gasteiger charge is 2.47. The van der Waals surface area contributed by atoms with Gasteiger partial charge in [-0.25, -0.2) is 9.69 Å². The molecule has 12 nitrogen and oxygen atoms in total. The predicted octanol–water partition coefficient (Wildman–Crippen LogP) is -0.862. The molecule has 1 aromatic carbocycles. The number of likely N-dealkylation sites (tertiary alicyclic amines) is 1. The van der Waals surface area contributed by atoms with E-state index in [9.17, 15) is 28.8 Å². The van der Waals surface area contributed by atoms with E-state index >= 15 is 0 Å². The number of carbonyl (C=O) groups is 6. The van der Waals surface area contributed by atoms with E-state index in [0.717, 1.165) is 9.80 Å². The standard InChI is InChI=1S/C23H26N4O8/c1-14(24-18(28)12-25-8-10-34-11-9-25)23(33)35-13-26-19(29)7-6-17(22(26)32)27-20(30)15-4-2-3-5-16(15)21(27)31/h2-5,14,17H,6-13H2,1H3,(H,24,28)/t14?,17-/m0/s1. The highest BCUT2D eigenvalue weighted by atomic mass is 16.5. The Bertz CT molecular complexity index is 1030. The first-order valence-electron chi connectivity index (χ1n) is 11.3. The van der Waals surface area contributed by atoms with Crippen molar-refractivity contribution in [2.24, 2.45) is 0 Å². The maximum Gasteiger partial charge on any atom is 0.330 e. The number of amides is 5. The summed E-state index contributed by atoms with van der Waals surface area (Å²) in [6.45, 7) is 3.14. The van der Waals surface area contributed by atoms with Gasteiger partial charge in [0.25, 0.3) is 17.7 Å². The van der Waals surface area contributed by atoms with Gasteiger partial charge in [-0.15, -0.1) is 0 Å². The topological polar surface area (TPSA) is 143 Å². The van der Waals surface area contributed by atoms with Gasteiger partial charge in [0.05, 0.1) is 30.9 Å². The summed E-state index contributed by atoms with van der Waals surface area (Å²) < 4.78 is 10.3. The van der Waals surface area contributed by atoms with Crippen molar-refractivity contribution in [1.82, 2.24) is 20.0 Å². The van der Waals surface area contributed by atoms with Gasteiger partial charge in [-0.1, -0.05) is 12.1 Å². The van der Waals surface area contributed by atoms with Crippen LogP contribution in [0.2, 0.25) is 0 Å². The maximum absolute atomic E-state index is 13.0. The molecule has 12 heteroatoms. The summed E-state index contributed by atoms with van der Waals surface area (Å²) in [7, 11) is 0. The van der Waals surface area contributed by atoms with Crippen LogP contribution >= 0.6 is 0 Å². The molecule has 3 aliphatic heterocycles. The second kappa shape index (κ2) is 10.3. The van der Waals surface area contributed by atoms with Crippen molar-refractivity contribution >= 4 is 35.5 Å². The van der Waals surface area contributed by atoms with Gasteiger partial charge in [0, 0.05) is 19.5 Å². The number of nitrogens with zero attached hydrogens (tertiary/aromatic N) is 3. The molecular weight excluding hydrogens is 460 g/mol. The quantitative estimate of drug-likeness (QED) is 0.385. The minimum Gasteiger partial charge on any atom is -0.442 e. The molecule has 1 N–H and O–H groups in total. The van der Waals surface area contributed by atoms with Crippen molar-refractivity contribution in [2.45, 2.75) is 31.8 Å². The van der Waals surface area contributed by atoms with E-state index in [2.05, 4.69) is 5.32 Å². The average Bonchev–Trinajstić information content (AvgIpc) is 3.09. The zero-order valence-corrected chi connectivity index (χ0v) is 19.2. The molecule has 0 bridgehead atoms. The van der Waals surface area contributed by atoms with Crippen molar-refractivity contribution in [3.05, 3.63) is 35.4 Å². The lowest BCUT2D eigenvalue weighted by atomic mass is 10.0. The molecule has 3 heterocycles. The summed E-state index contributed by atoms with van der Waals surface area (Å²) in [5.74, 6) is -3.79. The SMILES string of the molecule is CC(NC(=O)CN1CCOCC1)C(=O)OCN1C(=O)CC[C@H](N2C(=O)c3ccccc3C2=O)C1=O. The van der Waals surface area contributed by atoms with Crippen LogP contribution in [0.3, 0.4) is 0 Å². The van der Waals surface area contributed by atoms with Crippen LogP contribution < -0.4 is 5.32 Å². The molecule has 0 aliphatic carbocycles. The molecular formula is C23H26N4O8. The maximum atomic E-state index is 13.0. The molecule has 0 radical (unpaired) electrons. The predicted molar refractivity (Wildman–Crippen MR) is 118 cm³/mol. The first kappa shape index (κ1) is 24.5. The number of esters is 1. The lowest BCUT2D eigenvalue weighted by molar-refractivity contribution is -0.165. The third-order valence-corrected chi connectivity index (χ3v) is 6.16. The molecule has 5 amide bonds. The Morgan fingerprint density at radius 2 is 1.71 bits per heavy atom. The molecule has 1 aromatic rings. The third-order valence-electron chi connectivity index (χ3n) is 6.16. The summed E-state index contributed by atoms with van der Waals surface area (Å²) in [4.78, 5) is 79.0. The summed E-state index contributed by atoms with van der Waals surface area (Å²) in [5.41, 5.74) is 0.392. The molecule has 3 aliphatic rings.